The molecule has 1 aliphatic rings. The molecule has 0 bridgehead atoms. The largest absolute Gasteiger partial charge is 0.373 e. The van der Waals surface area contributed by atoms with Crippen LogP contribution in [-0.4, -0.2) is 28.2 Å². The Balaban J connectivity index is 1.91. The fourth-order valence-electron chi connectivity index (χ4n) is 2.47. The standard InChI is InChI=1S/C14H16FN3O/c1-14(2)6-10(7-19-14)18-13-11-5-9(15)3-4-12(11)16-8-17-13/h3-5,8,10H,6-7H2,1-2H3,(H,16,17,18). The molecule has 1 atom stereocenters. The summed E-state index contributed by atoms with van der Waals surface area (Å²) in [6.07, 6.45) is 2.39. The smallest absolute Gasteiger partial charge is 0.137 e. The lowest BCUT2D eigenvalue weighted by Gasteiger charge is -2.16. The summed E-state index contributed by atoms with van der Waals surface area (Å²) in [6.45, 7) is 4.76. The molecule has 0 amide bonds. The average Bonchev–Trinajstić information content (AvgIpc) is 2.69. The van der Waals surface area contributed by atoms with Gasteiger partial charge in [0.15, 0.2) is 0 Å². The molecule has 1 aromatic carbocycles. The van der Waals surface area contributed by atoms with Crippen LogP contribution in [0.15, 0.2) is 24.5 Å². The molecule has 1 aromatic heterocycles. The third-order valence-electron chi connectivity index (χ3n) is 3.35. The number of hydrogen-bond acceptors (Lipinski definition) is 4. The highest BCUT2D eigenvalue weighted by atomic mass is 19.1. The molecule has 0 spiro atoms. The summed E-state index contributed by atoms with van der Waals surface area (Å²) in [6, 6.07) is 4.71. The van der Waals surface area contributed by atoms with E-state index in [-0.39, 0.29) is 17.5 Å². The van der Waals surface area contributed by atoms with Gasteiger partial charge in [-0.05, 0) is 38.5 Å². The molecule has 4 nitrogen and oxygen atoms in total. The molecule has 1 unspecified atom stereocenters. The summed E-state index contributed by atoms with van der Waals surface area (Å²) in [5.74, 6) is 0.379. The van der Waals surface area contributed by atoms with Crippen LogP contribution in [0.4, 0.5) is 10.2 Å². The number of fused-ring (bicyclic) bond motifs is 1. The summed E-state index contributed by atoms with van der Waals surface area (Å²) >= 11 is 0. The number of rotatable bonds is 2. The van der Waals surface area contributed by atoms with Gasteiger partial charge in [0.25, 0.3) is 0 Å². The summed E-state index contributed by atoms with van der Waals surface area (Å²) in [7, 11) is 0. The van der Waals surface area contributed by atoms with Gasteiger partial charge in [0, 0.05) is 5.39 Å². The molecule has 2 heterocycles. The van der Waals surface area contributed by atoms with Gasteiger partial charge in [0.05, 0.1) is 23.8 Å². The van der Waals surface area contributed by atoms with E-state index in [1.165, 1.54) is 18.5 Å². The van der Waals surface area contributed by atoms with E-state index >= 15 is 0 Å². The van der Waals surface area contributed by atoms with Crippen molar-refractivity contribution in [1.29, 1.82) is 0 Å². The first-order valence-corrected chi connectivity index (χ1v) is 6.34. The van der Waals surface area contributed by atoms with Crippen molar-refractivity contribution in [3.05, 3.63) is 30.3 Å². The number of benzene rings is 1. The van der Waals surface area contributed by atoms with Crippen LogP contribution in [0.1, 0.15) is 20.3 Å². The average molecular weight is 261 g/mol. The van der Waals surface area contributed by atoms with E-state index in [2.05, 4.69) is 29.1 Å². The second-order valence-electron chi connectivity index (χ2n) is 5.50. The van der Waals surface area contributed by atoms with Crippen LogP contribution < -0.4 is 5.32 Å². The number of nitrogens with zero attached hydrogens (tertiary/aromatic N) is 2. The van der Waals surface area contributed by atoms with E-state index in [0.29, 0.717) is 17.8 Å². The Morgan fingerprint density at radius 1 is 1.37 bits per heavy atom. The lowest BCUT2D eigenvalue weighted by molar-refractivity contribution is 0.0363. The van der Waals surface area contributed by atoms with Gasteiger partial charge in [-0.15, -0.1) is 0 Å². The van der Waals surface area contributed by atoms with Crippen LogP contribution in [0.3, 0.4) is 0 Å². The molecule has 0 radical (unpaired) electrons. The molecule has 0 saturated carbocycles. The molecule has 1 N–H and O–H groups in total. The normalized spacial score (nSPS) is 21.7. The van der Waals surface area contributed by atoms with E-state index < -0.39 is 0 Å². The highest BCUT2D eigenvalue weighted by Crippen LogP contribution is 2.28. The SMILES string of the molecule is CC1(C)CC(Nc2ncnc3ccc(F)cc23)CO1. The van der Waals surface area contributed by atoms with Crippen molar-refractivity contribution in [1.82, 2.24) is 9.97 Å². The van der Waals surface area contributed by atoms with Gasteiger partial charge in [0.2, 0.25) is 0 Å². The molecule has 19 heavy (non-hydrogen) atoms. The highest BCUT2D eigenvalue weighted by molar-refractivity contribution is 5.88. The summed E-state index contributed by atoms with van der Waals surface area (Å²) in [5, 5.41) is 4.03. The summed E-state index contributed by atoms with van der Waals surface area (Å²) in [4.78, 5) is 8.35. The zero-order valence-corrected chi connectivity index (χ0v) is 11.0. The molecule has 100 valence electrons. The molecule has 1 saturated heterocycles. The lowest BCUT2D eigenvalue weighted by Crippen LogP contribution is -2.22. The van der Waals surface area contributed by atoms with Gasteiger partial charge in [0.1, 0.15) is 18.0 Å². The molecule has 2 aromatic rings. The van der Waals surface area contributed by atoms with Crippen molar-refractivity contribution < 1.29 is 9.13 Å². The number of ether oxygens (including phenoxy) is 1. The van der Waals surface area contributed by atoms with E-state index in [9.17, 15) is 4.39 Å². The Hall–Kier alpha value is -1.75. The minimum atomic E-state index is -0.284. The van der Waals surface area contributed by atoms with Crippen molar-refractivity contribution in [3.8, 4) is 0 Å². The monoisotopic (exact) mass is 261 g/mol. The van der Waals surface area contributed by atoms with Crippen LogP contribution in [0, 0.1) is 5.82 Å². The van der Waals surface area contributed by atoms with Gasteiger partial charge < -0.3 is 10.1 Å². The second kappa shape index (κ2) is 4.42. The fourth-order valence-corrected chi connectivity index (χ4v) is 2.47. The molecule has 3 rings (SSSR count). The first kappa shape index (κ1) is 12.3. The van der Waals surface area contributed by atoms with Crippen LogP contribution in [0.25, 0.3) is 10.9 Å². The topological polar surface area (TPSA) is 47.0 Å². The zero-order valence-electron chi connectivity index (χ0n) is 11.0. The van der Waals surface area contributed by atoms with Gasteiger partial charge >= 0.3 is 0 Å². The van der Waals surface area contributed by atoms with Gasteiger partial charge in [-0.2, -0.15) is 0 Å². The highest BCUT2D eigenvalue weighted by Gasteiger charge is 2.32. The van der Waals surface area contributed by atoms with E-state index in [4.69, 9.17) is 4.74 Å². The Labute approximate surface area is 111 Å². The second-order valence-corrected chi connectivity index (χ2v) is 5.50. The van der Waals surface area contributed by atoms with Crippen molar-refractivity contribution in [2.24, 2.45) is 0 Å². The maximum Gasteiger partial charge on any atom is 0.137 e. The molecule has 0 aliphatic carbocycles. The van der Waals surface area contributed by atoms with Gasteiger partial charge in [-0.1, -0.05) is 0 Å². The van der Waals surface area contributed by atoms with Crippen LogP contribution in [0.2, 0.25) is 0 Å². The Bertz CT molecular complexity index is 615. The molecule has 1 aliphatic heterocycles. The van der Waals surface area contributed by atoms with Gasteiger partial charge in [-0.25, -0.2) is 14.4 Å². The minimum Gasteiger partial charge on any atom is -0.373 e. The molecule has 1 fully saturated rings. The Morgan fingerprint density at radius 2 is 2.21 bits per heavy atom. The number of halogens is 1. The number of nitrogens with one attached hydrogen (secondary N) is 1. The summed E-state index contributed by atoms with van der Waals surface area (Å²) < 4.78 is 19.0. The predicted molar refractivity (Wildman–Crippen MR) is 71.6 cm³/mol. The third-order valence-corrected chi connectivity index (χ3v) is 3.35. The number of hydrogen-bond donors (Lipinski definition) is 1. The minimum absolute atomic E-state index is 0.119. The zero-order chi connectivity index (χ0) is 13.5. The maximum absolute atomic E-state index is 13.3. The number of anilines is 1. The first-order chi connectivity index (χ1) is 9.03. The first-order valence-electron chi connectivity index (χ1n) is 6.34. The molecular weight excluding hydrogens is 245 g/mol. The van der Waals surface area contributed by atoms with Crippen molar-refractivity contribution in [2.45, 2.75) is 31.9 Å². The van der Waals surface area contributed by atoms with E-state index in [1.54, 1.807) is 6.07 Å². The number of aromatic nitrogens is 2. The predicted octanol–water partition coefficient (Wildman–Crippen LogP) is 2.75. The van der Waals surface area contributed by atoms with Crippen molar-refractivity contribution in [3.63, 3.8) is 0 Å². The quantitative estimate of drug-likeness (QED) is 0.903. The summed E-state index contributed by atoms with van der Waals surface area (Å²) in [5.41, 5.74) is 0.614. The van der Waals surface area contributed by atoms with Crippen LogP contribution in [-0.2, 0) is 4.74 Å². The van der Waals surface area contributed by atoms with E-state index in [0.717, 1.165) is 11.9 Å². The third kappa shape index (κ3) is 2.51. The molecule has 5 heteroatoms. The lowest BCUT2D eigenvalue weighted by atomic mass is 10.0. The van der Waals surface area contributed by atoms with Crippen molar-refractivity contribution in [2.75, 3.05) is 11.9 Å². The van der Waals surface area contributed by atoms with Crippen molar-refractivity contribution >= 4 is 16.7 Å². The Kier molecular flexibility index (Phi) is 2.86. The van der Waals surface area contributed by atoms with Crippen LogP contribution >= 0.6 is 0 Å². The Morgan fingerprint density at radius 3 is 2.95 bits per heavy atom. The van der Waals surface area contributed by atoms with E-state index in [1.807, 2.05) is 0 Å². The maximum atomic E-state index is 13.3. The van der Waals surface area contributed by atoms with Crippen LogP contribution in [0.5, 0.6) is 0 Å². The fraction of sp³-hybridized carbons (Fsp3) is 0.429. The van der Waals surface area contributed by atoms with Gasteiger partial charge in [-0.3, -0.25) is 0 Å². The molecular formula is C14H16FN3O.